The monoisotopic (exact) mass is 283 g/mol. The molecule has 1 aliphatic heterocycles. The second-order valence-corrected chi connectivity index (χ2v) is 5.08. The van der Waals surface area contributed by atoms with Crippen molar-refractivity contribution in [3.63, 3.8) is 0 Å². The van der Waals surface area contributed by atoms with Gasteiger partial charge < -0.3 is 18.6 Å². The number of esters is 1. The van der Waals surface area contributed by atoms with E-state index in [1.807, 2.05) is 0 Å². The van der Waals surface area contributed by atoms with Gasteiger partial charge in [-0.15, -0.1) is 0 Å². The molecule has 6 nitrogen and oxygen atoms in total. The Bertz CT molecular complexity index is 448. The molecule has 20 heavy (non-hydrogen) atoms. The molecule has 0 bridgehead atoms. The number of hydrogen-bond acceptors (Lipinski definition) is 6. The van der Waals surface area contributed by atoms with Crippen molar-refractivity contribution < 1.29 is 23.4 Å². The molecular weight excluding hydrogens is 262 g/mol. The fourth-order valence-electron chi connectivity index (χ4n) is 2.02. The van der Waals surface area contributed by atoms with E-state index in [1.165, 1.54) is 0 Å². The molecule has 0 radical (unpaired) electrons. The summed E-state index contributed by atoms with van der Waals surface area (Å²) in [7, 11) is 0. The molecule has 1 aromatic rings. The zero-order valence-corrected chi connectivity index (χ0v) is 12.2. The number of carbonyl (C=O) groups is 1. The fourth-order valence-corrected chi connectivity index (χ4v) is 2.02. The maximum atomic E-state index is 11.9. The number of ether oxygens (including phenoxy) is 3. The molecule has 1 aromatic heterocycles. The van der Waals surface area contributed by atoms with Crippen LogP contribution in [0, 0.1) is 5.92 Å². The highest BCUT2D eigenvalue weighted by Crippen LogP contribution is 2.24. The third-order valence-electron chi connectivity index (χ3n) is 2.87. The van der Waals surface area contributed by atoms with Crippen LogP contribution in [0.4, 0.5) is 0 Å². The minimum Gasteiger partial charge on any atom is -0.460 e. The van der Waals surface area contributed by atoms with Crippen LogP contribution in [-0.4, -0.2) is 37.4 Å². The molecule has 2 rings (SSSR count). The highest BCUT2D eigenvalue weighted by atomic mass is 16.6. The lowest BCUT2D eigenvalue weighted by molar-refractivity contribution is -0.0998. The second kappa shape index (κ2) is 6.85. The van der Waals surface area contributed by atoms with E-state index in [-0.39, 0.29) is 11.9 Å². The van der Waals surface area contributed by atoms with Gasteiger partial charge in [0, 0.05) is 0 Å². The summed E-state index contributed by atoms with van der Waals surface area (Å²) < 4.78 is 21.5. The molecule has 2 heterocycles. The van der Waals surface area contributed by atoms with Gasteiger partial charge in [0.05, 0.1) is 32.1 Å². The molecule has 6 heteroatoms. The second-order valence-electron chi connectivity index (χ2n) is 5.08. The summed E-state index contributed by atoms with van der Waals surface area (Å²) in [4.78, 5) is 16.3. The van der Waals surface area contributed by atoms with Crippen LogP contribution in [-0.2, 0) is 20.6 Å². The predicted octanol–water partition coefficient (Wildman–Crippen LogP) is 2.14. The summed E-state index contributed by atoms with van der Waals surface area (Å²) >= 11 is 0. The van der Waals surface area contributed by atoms with Crippen LogP contribution >= 0.6 is 0 Å². The Balaban J connectivity index is 2.23. The third kappa shape index (κ3) is 3.58. The smallest absolute Gasteiger partial charge is 0.376 e. The molecule has 112 valence electrons. The van der Waals surface area contributed by atoms with E-state index in [4.69, 9.17) is 18.6 Å². The Hall–Kier alpha value is -1.40. The van der Waals surface area contributed by atoms with Crippen molar-refractivity contribution in [3.05, 3.63) is 17.3 Å². The first-order chi connectivity index (χ1) is 9.61. The van der Waals surface area contributed by atoms with E-state index in [1.54, 1.807) is 6.92 Å². The van der Waals surface area contributed by atoms with E-state index in [2.05, 4.69) is 18.8 Å². The van der Waals surface area contributed by atoms with E-state index in [0.717, 1.165) is 0 Å². The molecule has 0 spiro atoms. The Labute approximate surface area is 118 Å². The number of carbonyl (C=O) groups excluding carboxylic acids is 1. The first kappa shape index (κ1) is 15.0. The fraction of sp³-hybridized carbons (Fsp3) is 0.714. The van der Waals surface area contributed by atoms with Crippen molar-refractivity contribution in [3.8, 4) is 0 Å². The maximum absolute atomic E-state index is 11.9. The van der Waals surface area contributed by atoms with Crippen molar-refractivity contribution >= 4 is 5.97 Å². The minimum atomic E-state index is -0.473. The molecule has 1 aliphatic rings. The normalized spacial score (nSPS) is 19.3. The summed E-state index contributed by atoms with van der Waals surface area (Å²) in [6.45, 7) is 7.65. The Morgan fingerprint density at radius 2 is 2.25 bits per heavy atom. The number of rotatable bonds is 5. The van der Waals surface area contributed by atoms with Crippen LogP contribution in [0.25, 0.3) is 0 Å². The molecule has 0 N–H and O–H groups in total. The van der Waals surface area contributed by atoms with Crippen LogP contribution in [0.3, 0.4) is 0 Å². The van der Waals surface area contributed by atoms with Gasteiger partial charge in [0.25, 0.3) is 0 Å². The van der Waals surface area contributed by atoms with Crippen molar-refractivity contribution in [2.24, 2.45) is 5.92 Å². The summed E-state index contributed by atoms with van der Waals surface area (Å²) in [5.74, 6) is 0.469. The lowest BCUT2D eigenvalue weighted by Gasteiger charge is -2.19. The van der Waals surface area contributed by atoms with Crippen molar-refractivity contribution in [2.45, 2.75) is 33.3 Å². The Morgan fingerprint density at radius 1 is 1.45 bits per heavy atom. The third-order valence-corrected chi connectivity index (χ3v) is 2.87. The molecule has 0 saturated carbocycles. The molecule has 0 amide bonds. The lowest BCUT2D eigenvalue weighted by Crippen LogP contribution is -2.22. The van der Waals surface area contributed by atoms with Gasteiger partial charge in [-0.3, -0.25) is 0 Å². The molecule has 1 atom stereocenters. The zero-order chi connectivity index (χ0) is 14.5. The maximum Gasteiger partial charge on any atom is 0.376 e. The first-order valence-corrected chi connectivity index (χ1v) is 6.97. The van der Waals surface area contributed by atoms with Crippen LogP contribution < -0.4 is 0 Å². The average molecular weight is 283 g/mol. The standard InChI is InChI=1S/C14H21NO5/c1-4-18-14(16)12-10(7-9(2)3)15-13(20-12)11-8-17-5-6-19-11/h9,11H,4-8H2,1-3H3. The number of hydrogen-bond donors (Lipinski definition) is 0. The van der Waals surface area contributed by atoms with Crippen molar-refractivity contribution in [1.82, 2.24) is 4.98 Å². The van der Waals surface area contributed by atoms with Crippen LogP contribution in [0.5, 0.6) is 0 Å². The summed E-state index contributed by atoms with van der Waals surface area (Å²) in [5, 5.41) is 0. The molecule has 0 aromatic carbocycles. The summed E-state index contributed by atoms with van der Waals surface area (Å²) in [5.41, 5.74) is 0.627. The minimum absolute atomic E-state index is 0.185. The molecule has 1 unspecified atom stereocenters. The van der Waals surface area contributed by atoms with E-state index in [9.17, 15) is 4.79 Å². The van der Waals surface area contributed by atoms with Gasteiger partial charge in [0.15, 0.2) is 6.10 Å². The molecule has 1 saturated heterocycles. The topological polar surface area (TPSA) is 70.8 Å². The average Bonchev–Trinajstić information content (AvgIpc) is 2.83. The SMILES string of the molecule is CCOC(=O)c1oc(C2COCCO2)nc1CC(C)C. The summed E-state index contributed by atoms with van der Waals surface area (Å²) in [6.07, 6.45) is 0.309. The van der Waals surface area contributed by atoms with Gasteiger partial charge in [-0.25, -0.2) is 9.78 Å². The molecule has 0 aliphatic carbocycles. The molecular formula is C14H21NO5. The Morgan fingerprint density at radius 3 is 2.85 bits per heavy atom. The van der Waals surface area contributed by atoms with Gasteiger partial charge in [-0.05, 0) is 19.3 Å². The van der Waals surface area contributed by atoms with Gasteiger partial charge in [0.1, 0.15) is 0 Å². The quantitative estimate of drug-likeness (QED) is 0.771. The number of oxazole rings is 1. The zero-order valence-electron chi connectivity index (χ0n) is 12.2. The predicted molar refractivity (Wildman–Crippen MR) is 70.5 cm³/mol. The highest BCUT2D eigenvalue weighted by molar-refractivity contribution is 5.87. The first-order valence-electron chi connectivity index (χ1n) is 6.97. The highest BCUT2D eigenvalue weighted by Gasteiger charge is 2.28. The van der Waals surface area contributed by atoms with Crippen LogP contribution in [0.2, 0.25) is 0 Å². The van der Waals surface area contributed by atoms with Crippen molar-refractivity contribution in [1.29, 1.82) is 0 Å². The summed E-state index contributed by atoms with van der Waals surface area (Å²) in [6, 6.07) is 0. The van der Waals surface area contributed by atoms with E-state index >= 15 is 0 Å². The number of nitrogens with zero attached hydrogens (tertiary/aromatic N) is 1. The van der Waals surface area contributed by atoms with Gasteiger partial charge in [-0.2, -0.15) is 0 Å². The largest absolute Gasteiger partial charge is 0.460 e. The number of aromatic nitrogens is 1. The van der Waals surface area contributed by atoms with E-state index in [0.29, 0.717) is 50.4 Å². The van der Waals surface area contributed by atoms with Crippen molar-refractivity contribution in [2.75, 3.05) is 26.4 Å². The lowest BCUT2D eigenvalue weighted by atomic mass is 10.1. The van der Waals surface area contributed by atoms with E-state index < -0.39 is 5.97 Å². The molecule has 1 fully saturated rings. The van der Waals surface area contributed by atoms with Gasteiger partial charge >= 0.3 is 5.97 Å². The Kier molecular flexibility index (Phi) is 5.14. The van der Waals surface area contributed by atoms with Gasteiger partial charge in [-0.1, -0.05) is 13.8 Å². The van der Waals surface area contributed by atoms with Crippen LogP contribution in [0.1, 0.15) is 49.0 Å². The van der Waals surface area contributed by atoms with Crippen LogP contribution in [0.15, 0.2) is 4.42 Å². The van der Waals surface area contributed by atoms with Gasteiger partial charge in [0.2, 0.25) is 11.7 Å².